The van der Waals surface area contributed by atoms with Gasteiger partial charge in [0.2, 0.25) is 0 Å². The maximum absolute atomic E-state index is 13.6. The van der Waals surface area contributed by atoms with Crippen LogP contribution in [-0.4, -0.2) is 25.9 Å². The van der Waals surface area contributed by atoms with E-state index in [4.69, 9.17) is 16.3 Å². The van der Waals surface area contributed by atoms with Crippen LogP contribution < -0.4 is 10.1 Å². The summed E-state index contributed by atoms with van der Waals surface area (Å²) in [5.41, 5.74) is 2.11. The number of benzene rings is 2. The topological polar surface area (TPSA) is 81.9 Å². The molecule has 0 spiro atoms. The molecule has 2 aromatic carbocycles. The van der Waals surface area contributed by atoms with Crippen molar-refractivity contribution in [3.63, 3.8) is 0 Å². The van der Waals surface area contributed by atoms with Gasteiger partial charge >= 0.3 is 0 Å². The van der Waals surface area contributed by atoms with E-state index in [1.807, 2.05) is 28.4 Å². The first-order valence-electron chi connectivity index (χ1n) is 10.3. The van der Waals surface area contributed by atoms with Gasteiger partial charge in [-0.05, 0) is 55.2 Å². The number of aryl methyl sites for hydroxylation is 2. The highest BCUT2D eigenvalue weighted by atomic mass is 35.5. The Balaban J connectivity index is 1.21. The van der Waals surface area contributed by atoms with E-state index in [0.29, 0.717) is 10.8 Å². The molecule has 0 fully saturated rings. The zero-order chi connectivity index (χ0) is 23.0. The highest BCUT2D eigenvalue weighted by molar-refractivity contribution is 7.13. The first-order chi connectivity index (χ1) is 16.1. The Bertz CT molecular complexity index is 1200. The maximum Gasteiger partial charge on any atom is 0.257 e. The molecule has 2 heterocycles. The van der Waals surface area contributed by atoms with Crippen LogP contribution in [0.4, 0.5) is 9.52 Å². The second-order valence-corrected chi connectivity index (χ2v) is 8.55. The molecule has 10 heteroatoms. The summed E-state index contributed by atoms with van der Waals surface area (Å²) in [5, 5.41) is 12.6. The van der Waals surface area contributed by atoms with Crippen LogP contribution in [0.25, 0.3) is 0 Å². The van der Waals surface area contributed by atoms with Crippen LogP contribution in [0.3, 0.4) is 0 Å². The molecule has 33 heavy (non-hydrogen) atoms. The molecule has 0 saturated carbocycles. The number of nitrogens with zero attached hydrogens (tertiary/aromatic N) is 4. The molecule has 0 aliphatic rings. The van der Waals surface area contributed by atoms with Crippen LogP contribution in [0.5, 0.6) is 5.75 Å². The highest BCUT2D eigenvalue weighted by Gasteiger charge is 2.12. The fourth-order valence-corrected chi connectivity index (χ4v) is 3.91. The summed E-state index contributed by atoms with van der Waals surface area (Å²) < 4.78 is 21.2. The second-order valence-electron chi connectivity index (χ2n) is 7.28. The number of nitrogens with one attached hydrogen (secondary N) is 1. The standard InChI is InChI=1S/C23H21ClFN5O2S/c24-20-9-6-17(13-21(20)25)22(31)28-23-27-18(15-33-23)14-32-19-7-4-16(5-8-19)3-1-2-11-30-12-10-26-29-30/h4-10,12-13,15H,1-3,11,14H2,(H,27,28,31). The minimum absolute atomic E-state index is 0.0311. The molecule has 4 aromatic rings. The zero-order valence-corrected chi connectivity index (χ0v) is 19.2. The lowest BCUT2D eigenvalue weighted by Gasteiger charge is -2.06. The molecule has 0 aliphatic heterocycles. The summed E-state index contributed by atoms with van der Waals surface area (Å²) in [6.07, 6.45) is 6.64. The molecule has 0 unspecified atom stereocenters. The van der Waals surface area contributed by atoms with Gasteiger partial charge < -0.3 is 4.74 Å². The van der Waals surface area contributed by atoms with Gasteiger partial charge in [0.15, 0.2) is 5.13 Å². The Morgan fingerprint density at radius 3 is 2.79 bits per heavy atom. The van der Waals surface area contributed by atoms with Crippen molar-refractivity contribution >= 4 is 34.0 Å². The minimum atomic E-state index is -0.643. The van der Waals surface area contributed by atoms with Crippen LogP contribution in [0.2, 0.25) is 5.02 Å². The largest absolute Gasteiger partial charge is 0.487 e. The number of hydrogen-bond donors (Lipinski definition) is 1. The molecule has 1 amide bonds. The van der Waals surface area contributed by atoms with Crippen molar-refractivity contribution in [1.29, 1.82) is 0 Å². The Kier molecular flexibility index (Phi) is 7.64. The average Bonchev–Trinajstić information content (AvgIpc) is 3.50. The molecular formula is C23H21ClFN5O2S. The molecule has 1 N–H and O–H groups in total. The van der Waals surface area contributed by atoms with Crippen molar-refractivity contribution in [2.24, 2.45) is 0 Å². The van der Waals surface area contributed by atoms with E-state index >= 15 is 0 Å². The molecule has 0 saturated heterocycles. The molecule has 0 bridgehead atoms. The Hall–Kier alpha value is -3.30. The van der Waals surface area contributed by atoms with E-state index in [9.17, 15) is 9.18 Å². The van der Waals surface area contributed by atoms with Crippen molar-refractivity contribution in [3.05, 3.63) is 87.9 Å². The van der Waals surface area contributed by atoms with Crippen LogP contribution >= 0.6 is 22.9 Å². The van der Waals surface area contributed by atoms with Gasteiger partial charge in [-0.2, -0.15) is 0 Å². The zero-order valence-electron chi connectivity index (χ0n) is 17.6. The number of ether oxygens (including phenoxy) is 1. The number of unbranched alkanes of at least 4 members (excludes halogenated alkanes) is 1. The van der Waals surface area contributed by atoms with Crippen LogP contribution in [0, 0.1) is 5.82 Å². The third kappa shape index (κ3) is 6.59. The summed E-state index contributed by atoms with van der Waals surface area (Å²) >= 11 is 6.93. The summed E-state index contributed by atoms with van der Waals surface area (Å²) in [6, 6.07) is 11.9. The number of carbonyl (C=O) groups is 1. The normalized spacial score (nSPS) is 10.8. The van der Waals surface area contributed by atoms with Crippen molar-refractivity contribution in [3.8, 4) is 5.75 Å². The number of thiazole rings is 1. The summed E-state index contributed by atoms with van der Waals surface area (Å²) in [7, 11) is 0. The minimum Gasteiger partial charge on any atom is -0.487 e. The van der Waals surface area contributed by atoms with E-state index in [2.05, 4.69) is 32.7 Å². The summed E-state index contributed by atoms with van der Waals surface area (Å²) in [6.45, 7) is 1.15. The van der Waals surface area contributed by atoms with Crippen molar-refractivity contribution in [1.82, 2.24) is 20.0 Å². The third-order valence-corrected chi connectivity index (χ3v) is 5.95. The van der Waals surface area contributed by atoms with Gasteiger partial charge in [-0.3, -0.25) is 14.8 Å². The van der Waals surface area contributed by atoms with Gasteiger partial charge in [0.1, 0.15) is 18.2 Å². The van der Waals surface area contributed by atoms with Gasteiger partial charge in [-0.1, -0.05) is 28.9 Å². The predicted octanol–water partition coefficient (Wildman–Crippen LogP) is 5.38. The summed E-state index contributed by atoms with van der Waals surface area (Å²) in [5.74, 6) is -0.351. The number of anilines is 1. The molecule has 0 atom stereocenters. The SMILES string of the molecule is O=C(Nc1nc(COc2ccc(CCCCn3ccnn3)cc2)cs1)c1ccc(Cl)c(F)c1. The highest BCUT2D eigenvalue weighted by Crippen LogP contribution is 2.21. The Labute approximate surface area is 199 Å². The van der Waals surface area contributed by atoms with Gasteiger partial charge in [0.05, 0.1) is 16.9 Å². The molecule has 0 radical (unpaired) electrons. The summed E-state index contributed by atoms with van der Waals surface area (Å²) in [4.78, 5) is 16.6. The lowest BCUT2D eigenvalue weighted by atomic mass is 10.1. The first kappa shape index (κ1) is 22.9. The quantitative estimate of drug-likeness (QED) is 0.305. The monoisotopic (exact) mass is 485 g/mol. The number of rotatable bonds is 10. The smallest absolute Gasteiger partial charge is 0.257 e. The van der Waals surface area contributed by atoms with Crippen molar-refractivity contribution < 1.29 is 13.9 Å². The lowest BCUT2D eigenvalue weighted by Crippen LogP contribution is -2.12. The van der Waals surface area contributed by atoms with Crippen LogP contribution in [0.15, 0.2) is 60.2 Å². The number of hydrogen-bond acceptors (Lipinski definition) is 6. The number of carbonyl (C=O) groups excluding carboxylic acids is 1. The molecule has 2 aromatic heterocycles. The van der Waals surface area contributed by atoms with E-state index in [1.165, 1.54) is 29.0 Å². The lowest BCUT2D eigenvalue weighted by molar-refractivity contribution is 0.102. The molecular weight excluding hydrogens is 465 g/mol. The first-order valence-corrected chi connectivity index (χ1v) is 11.6. The maximum atomic E-state index is 13.6. The average molecular weight is 486 g/mol. The van der Waals surface area contributed by atoms with Gasteiger partial charge in [-0.15, -0.1) is 16.4 Å². The predicted molar refractivity (Wildman–Crippen MR) is 125 cm³/mol. The Morgan fingerprint density at radius 2 is 2.03 bits per heavy atom. The Morgan fingerprint density at radius 1 is 1.18 bits per heavy atom. The number of halogens is 2. The van der Waals surface area contributed by atoms with Crippen molar-refractivity contribution in [2.45, 2.75) is 32.4 Å². The fraction of sp³-hybridized carbons (Fsp3) is 0.217. The fourth-order valence-electron chi connectivity index (χ4n) is 3.10. The van der Waals surface area contributed by atoms with Gasteiger partial charge in [0, 0.05) is 23.7 Å². The molecule has 0 aliphatic carbocycles. The molecule has 7 nitrogen and oxygen atoms in total. The van der Waals surface area contributed by atoms with E-state index in [1.54, 1.807) is 6.20 Å². The van der Waals surface area contributed by atoms with Crippen molar-refractivity contribution in [2.75, 3.05) is 5.32 Å². The van der Waals surface area contributed by atoms with Gasteiger partial charge in [0.25, 0.3) is 5.91 Å². The second kappa shape index (κ2) is 11.0. The molecule has 4 rings (SSSR count). The van der Waals surface area contributed by atoms with Crippen LogP contribution in [0.1, 0.15) is 34.5 Å². The third-order valence-electron chi connectivity index (χ3n) is 4.84. The van der Waals surface area contributed by atoms with E-state index < -0.39 is 11.7 Å². The van der Waals surface area contributed by atoms with E-state index in [-0.39, 0.29) is 17.2 Å². The van der Waals surface area contributed by atoms with E-state index in [0.717, 1.165) is 37.6 Å². The number of aromatic nitrogens is 4. The number of amides is 1. The molecule has 170 valence electrons. The van der Waals surface area contributed by atoms with Crippen LogP contribution in [-0.2, 0) is 19.6 Å². The van der Waals surface area contributed by atoms with Gasteiger partial charge in [-0.25, -0.2) is 9.37 Å².